The third-order valence-corrected chi connectivity index (χ3v) is 6.32. The third-order valence-electron chi connectivity index (χ3n) is 6.09. The number of carbonyl (C=O) groups is 1. The number of furan rings is 1. The number of aliphatic hydroxyl groups is 1. The lowest BCUT2D eigenvalue weighted by Gasteiger charge is -2.26. The second-order valence-electron chi connectivity index (χ2n) is 8.54. The van der Waals surface area contributed by atoms with Crippen LogP contribution in [0.15, 0.2) is 34.7 Å². The van der Waals surface area contributed by atoms with Crippen molar-refractivity contribution in [2.75, 3.05) is 36.5 Å². The number of hydrogen-bond donors (Lipinski definition) is 2. The summed E-state index contributed by atoms with van der Waals surface area (Å²) in [5.41, 5.74) is 0.902. The summed E-state index contributed by atoms with van der Waals surface area (Å²) in [6.45, 7) is 4.86. The maximum atomic E-state index is 12.9. The molecule has 0 spiro atoms. The number of hydrogen-bond acceptors (Lipinski definition) is 5. The molecule has 162 valence electrons. The third kappa shape index (κ3) is 4.99. The lowest BCUT2D eigenvalue weighted by atomic mass is 9.98. The highest BCUT2D eigenvalue weighted by Crippen LogP contribution is 2.33. The molecule has 1 aromatic carbocycles. The zero-order valence-electron chi connectivity index (χ0n) is 17.3. The van der Waals surface area contributed by atoms with Crippen molar-refractivity contribution in [1.82, 2.24) is 0 Å². The molecule has 2 fully saturated rings. The van der Waals surface area contributed by atoms with Gasteiger partial charge in [0.25, 0.3) is 5.91 Å². The van der Waals surface area contributed by atoms with E-state index in [4.69, 9.17) is 20.8 Å². The van der Waals surface area contributed by atoms with Crippen LogP contribution in [0.25, 0.3) is 0 Å². The van der Waals surface area contributed by atoms with E-state index in [9.17, 15) is 9.90 Å². The monoisotopic (exact) mass is 432 g/mol. The fourth-order valence-corrected chi connectivity index (χ4v) is 4.42. The number of nitrogens with one attached hydrogen (secondary N) is 1. The van der Waals surface area contributed by atoms with Crippen LogP contribution in [0.3, 0.4) is 0 Å². The molecular formula is C23H29ClN2O4. The van der Waals surface area contributed by atoms with Gasteiger partial charge in [0, 0.05) is 37.2 Å². The molecule has 1 unspecified atom stereocenters. The second kappa shape index (κ2) is 9.00. The van der Waals surface area contributed by atoms with Crippen molar-refractivity contribution >= 4 is 28.9 Å². The van der Waals surface area contributed by atoms with Crippen LogP contribution >= 0.6 is 11.6 Å². The largest absolute Gasteiger partial charge is 0.456 e. The van der Waals surface area contributed by atoms with Crippen molar-refractivity contribution in [3.8, 4) is 0 Å². The lowest BCUT2D eigenvalue weighted by molar-refractivity contribution is 0.0481. The van der Waals surface area contributed by atoms with Gasteiger partial charge in [0.2, 0.25) is 0 Å². The summed E-state index contributed by atoms with van der Waals surface area (Å²) in [5.74, 6) is 1.14. The Bertz CT molecular complexity index is 889. The zero-order chi connectivity index (χ0) is 21.1. The molecule has 0 radical (unpaired) electrons. The first-order valence-corrected chi connectivity index (χ1v) is 11.0. The Morgan fingerprint density at radius 3 is 2.80 bits per heavy atom. The highest BCUT2D eigenvalue weighted by molar-refractivity contribution is 6.31. The van der Waals surface area contributed by atoms with Crippen LogP contribution < -0.4 is 10.2 Å². The summed E-state index contributed by atoms with van der Waals surface area (Å²) < 4.78 is 11.3. The van der Waals surface area contributed by atoms with Crippen molar-refractivity contribution in [2.45, 2.75) is 50.5 Å². The first kappa shape index (κ1) is 21.2. The average Bonchev–Trinajstić information content (AvgIpc) is 3.15. The quantitative estimate of drug-likeness (QED) is 0.724. The molecule has 2 aliphatic rings. The second-order valence-corrected chi connectivity index (χ2v) is 8.98. The van der Waals surface area contributed by atoms with Gasteiger partial charge in [0.1, 0.15) is 5.76 Å². The van der Waals surface area contributed by atoms with E-state index in [1.54, 1.807) is 12.1 Å². The van der Waals surface area contributed by atoms with Gasteiger partial charge in [-0.15, -0.1) is 0 Å². The van der Waals surface area contributed by atoms with Crippen LogP contribution in [0.5, 0.6) is 0 Å². The predicted molar refractivity (Wildman–Crippen MR) is 118 cm³/mol. The van der Waals surface area contributed by atoms with E-state index < -0.39 is 5.60 Å². The Kier molecular flexibility index (Phi) is 6.37. The molecule has 1 aromatic heterocycles. The van der Waals surface area contributed by atoms with E-state index >= 15 is 0 Å². The molecule has 1 amide bonds. The summed E-state index contributed by atoms with van der Waals surface area (Å²) in [7, 11) is 0. The van der Waals surface area contributed by atoms with Gasteiger partial charge in [-0.3, -0.25) is 4.79 Å². The first-order valence-electron chi connectivity index (χ1n) is 10.7. The summed E-state index contributed by atoms with van der Waals surface area (Å²) in [4.78, 5) is 15.1. The van der Waals surface area contributed by atoms with Gasteiger partial charge in [-0.1, -0.05) is 11.6 Å². The number of amides is 1. The number of nitrogens with zero attached hydrogens (tertiary/aromatic N) is 1. The van der Waals surface area contributed by atoms with E-state index in [0.717, 1.165) is 56.9 Å². The standard InChI is InChI=1S/C23H29ClN2O4/c1-23(28)9-2-11-26(12-10-23)19-4-3-17(24)15-18(19)25-22(27)21-6-5-20(30-21)16-7-13-29-14-8-16/h3-6,15-16,28H,2,7-14H2,1H3,(H,25,27). The first-order chi connectivity index (χ1) is 14.4. The molecule has 4 rings (SSSR count). The fraction of sp³-hybridized carbons (Fsp3) is 0.522. The van der Waals surface area contributed by atoms with Gasteiger partial charge in [-0.25, -0.2) is 0 Å². The average molecular weight is 433 g/mol. The van der Waals surface area contributed by atoms with Crippen molar-refractivity contribution in [1.29, 1.82) is 0 Å². The Morgan fingerprint density at radius 2 is 2.00 bits per heavy atom. The van der Waals surface area contributed by atoms with Crippen LogP contribution in [0.1, 0.15) is 61.3 Å². The van der Waals surface area contributed by atoms with Gasteiger partial charge in [-0.2, -0.15) is 0 Å². The highest BCUT2D eigenvalue weighted by Gasteiger charge is 2.27. The SMILES string of the molecule is CC1(O)CCCN(c2ccc(Cl)cc2NC(=O)c2ccc(C3CCOCC3)o2)CC1. The van der Waals surface area contributed by atoms with Crippen molar-refractivity contribution in [3.63, 3.8) is 0 Å². The lowest BCUT2D eigenvalue weighted by Crippen LogP contribution is -2.29. The van der Waals surface area contributed by atoms with E-state index in [1.807, 2.05) is 25.1 Å². The molecule has 1 atom stereocenters. The summed E-state index contributed by atoms with van der Waals surface area (Å²) in [6, 6.07) is 9.13. The van der Waals surface area contributed by atoms with E-state index in [2.05, 4.69) is 10.2 Å². The topological polar surface area (TPSA) is 74.9 Å². The van der Waals surface area contributed by atoms with Crippen molar-refractivity contribution in [3.05, 3.63) is 46.9 Å². The minimum Gasteiger partial charge on any atom is -0.456 e. The van der Waals surface area contributed by atoms with Gasteiger partial charge in [0.05, 0.1) is 17.0 Å². The van der Waals surface area contributed by atoms with Crippen LogP contribution in [-0.4, -0.2) is 42.9 Å². The smallest absolute Gasteiger partial charge is 0.291 e. The molecule has 0 saturated carbocycles. The zero-order valence-corrected chi connectivity index (χ0v) is 18.1. The Morgan fingerprint density at radius 1 is 1.20 bits per heavy atom. The number of halogens is 1. The summed E-state index contributed by atoms with van der Waals surface area (Å²) in [6.07, 6.45) is 4.14. The van der Waals surface area contributed by atoms with Crippen LogP contribution in [0.4, 0.5) is 11.4 Å². The Hall–Kier alpha value is -2.02. The number of benzene rings is 1. The molecule has 2 aromatic rings. The number of anilines is 2. The van der Waals surface area contributed by atoms with Gasteiger partial charge in [0.15, 0.2) is 5.76 Å². The molecule has 7 heteroatoms. The Labute approximate surface area is 182 Å². The number of rotatable bonds is 4. The summed E-state index contributed by atoms with van der Waals surface area (Å²) >= 11 is 6.22. The van der Waals surface area contributed by atoms with E-state index in [0.29, 0.717) is 35.4 Å². The summed E-state index contributed by atoms with van der Waals surface area (Å²) in [5, 5.41) is 13.9. The highest BCUT2D eigenvalue weighted by atomic mass is 35.5. The number of ether oxygens (including phenoxy) is 1. The van der Waals surface area contributed by atoms with E-state index in [1.165, 1.54) is 0 Å². The molecule has 0 bridgehead atoms. The Balaban J connectivity index is 1.51. The molecule has 2 saturated heterocycles. The van der Waals surface area contributed by atoms with Crippen molar-refractivity contribution < 1.29 is 19.1 Å². The van der Waals surface area contributed by atoms with Crippen LogP contribution in [0.2, 0.25) is 5.02 Å². The fourth-order valence-electron chi connectivity index (χ4n) is 4.25. The minimum absolute atomic E-state index is 0.293. The molecule has 0 aliphatic carbocycles. The predicted octanol–water partition coefficient (Wildman–Crippen LogP) is 4.82. The van der Waals surface area contributed by atoms with Gasteiger partial charge < -0.3 is 24.5 Å². The maximum absolute atomic E-state index is 12.9. The molecule has 30 heavy (non-hydrogen) atoms. The number of carbonyl (C=O) groups excluding carboxylic acids is 1. The normalized spacial score (nSPS) is 23.2. The van der Waals surface area contributed by atoms with E-state index in [-0.39, 0.29) is 5.91 Å². The van der Waals surface area contributed by atoms with Gasteiger partial charge >= 0.3 is 0 Å². The molecular weight excluding hydrogens is 404 g/mol. The molecule has 6 nitrogen and oxygen atoms in total. The van der Waals surface area contributed by atoms with Crippen LogP contribution in [0, 0.1) is 0 Å². The van der Waals surface area contributed by atoms with Gasteiger partial charge in [-0.05, 0) is 69.4 Å². The van der Waals surface area contributed by atoms with Crippen LogP contribution in [-0.2, 0) is 4.74 Å². The molecule has 2 aliphatic heterocycles. The maximum Gasteiger partial charge on any atom is 0.291 e. The van der Waals surface area contributed by atoms with Crippen molar-refractivity contribution in [2.24, 2.45) is 0 Å². The molecule has 2 N–H and O–H groups in total. The minimum atomic E-state index is -0.653. The molecule has 3 heterocycles.